The number of thiophene rings is 1. The highest BCUT2D eigenvalue weighted by molar-refractivity contribution is 7.13. The van der Waals surface area contributed by atoms with Gasteiger partial charge in [0.15, 0.2) is 5.82 Å². The van der Waals surface area contributed by atoms with Crippen molar-refractivity contribution in [1.29, 1.82) is 0 Å². The SMILES string of the molecule is c1cncc(-c2ccc3[nH]nc(-c4nc5c(-c6cccs6)cncc5[nH]4)c3c2)c1. The van der Waals surface area contributed by atoms with Crippen LogP contribution in [0.25, 0.3) is 55.0 Å². The van der Waals surface area contributed by atoms with Crippen molar-refractivity contribution >= 4 is 33.3 Å². The van der Waals surface area contributed by atoms with Gasteiger partial charge in [-0.15, -0.1) is 11.3 Å². The first-order valence-corrected chi connectivity index (χ1v) is 10.0. The number of aromatic amines is 2. The molecule has 0 atom stereocenters. The largest absolute Gasteiger partial charge is 0.335 e. The Morgan fingerprint density at radius 3 is 2.72 bits per heavy atom. The molecule has 0 radical (unpaired) electrons. The Kier molecular flexibility index (Phi) is 3.54. The molecule has 0 fully saturated rings. The highest BCUT2D eigenvalue weighted by Crippen LogP contribution is 2.33. The molecule has 0 bridgehead atoms. The van der Waals surface area contributed by atoms with Gasteiger partial charge >= 0.3 is 0 Å². The lowest BCUT2D eigenvalue weighted by atomic mass is 10.0. The summed E-state index contributed by atoms with van der Waals surface area (Å²) in [6.45, 7) is 0. The molecular formula is C22H14N6S. The monoisotopic (exact) mass is 394 g/mol. The van der Waals surface area contributed by atoms with E-state index in [0.29, 0.717) is 0 Å². The van der Waals surface area contributed by atoms with Gasteiger partial charge < -0.3 is 4.98 Å². The molecule has 6 aromatic rings. The molecule has 1 aromatic carbocycles. The Morgan fingerprint density at radius 2 is 1.86 bits per heavy atom. The fourth-order valence-corrected chi connectivity index (χ4v) is 4.30. The average molecular weight is 394 g/mol. The Labute approximate surface area is 169 Å². The molecule has 7 heteroatoms. The third kappa shape index (κ3) is 2.63. The van der Waals surface area contributed by atoms with Crippen LogP contribution in [0, 0.1) is 0 Å². The van der Waals surface area contributed by atoms with Crippen molar-refractivity contribution in [3.63, 3.8) is 0 Å². The van der Waals surface area contributed by atoms with Crippen molar-refractivity contribution < 1.29 is 0 Å². The van der Waals surface area contributed by atoms with Crippen LogP contribution in [-0.2, 0) is 0 Å². The fourth-order valence-electron chi connectivity index (χ4n) is 3.56. The fraction of sp³-hybridized carbons (Fsp3) is 0. The lowest BCUT2D eigenvalue weighted by molar-refractivity contribution is 1.11. The van der Waals surface area contributed by atoms with Crippen molar-refractivity contribution in [2.24, 2.45) is 0 Å². The average Bonchev–Trinajstić information content (AvgIpc) is 3.52. The summed E-state index contributed by atoms with van der Waals surface area (Å²) in [6.07, 6.45) is 7.31. The van der Waals surface area contributed by atoms with Crippen molar-refractivity contribution in [3.05, 3.63) is 72.6 Å². The number of benzene rings is 1. The van der Waals surface area contributed by atoms with Gasteiger partial charge in [-0.3, -0.25) is 15.1 Å². The molecule has 2 N–H and O–H groups in total. The van der Waals surface area contributed by atoms with Gasteiger partial charge in [0.25, 0.3) is 0 Å². The van der Waals surface area contributed by atoms with Gasteiger partial charge in [-0.05, 0) is 35.2 Å². The summed E-state index contributed by atoms with van der Waals surface area (Å²) in [5, 5.41) is 10.7. The molecule has 0 saturated heterocycles. The molecule has 0 aliphatic heterocycles. The van der Waals surface area contributed by atoms with Crippen molar-refractivity contribution in [2.75, 3.05) is 0 Å². The molecule has 0 unspecified atom stereocenters. The minimum absolute atomic E-state index is 0.723. The third-order valence-corrected chi connectivity index (χ3v) is 5.87. The topological polar surface area (TPSA) is 83.1 Å². The van der Waals surface area contributed by atoms with Crippen LogP contribution in [0.15, 0.2) is 72.6 Å². The van der Waals surface area contributed by atoms with Crippen molar-refractivity contribution in [3.8, 4) is 33.1 Å². The highest BCUT2D eigenvalue weighted by atomic mass is 32.1. The van der Waals surface area contributed by atoms with Crippen LogP contribution in [0.3, 0.4) is 0 Å². The van der Waals surface area contributed by atoms with E-state index in [1.165, 1.54) is 0 Å². The Bertz CT molecular complexity index is 1450. The van der Waals surface area contributed by atoms with Crippen LogP contribution in [0.1, 0.15) is 0 Å². The molecule has 0 spiro atoms. The summed E-state index contributed by atoms with van der Waals surface area (Å²) >= 11 is 1.68. The summed E-state index contributed by atoms with van der Waals surface area (Å²) in [5.74, 6) is 0.723. The van der Waals surface area contributed by atoms with Gasteiger partial charge in [-0.25, -0.2) is 4.98 Å². The maximum Gasteiger partial charge on any atom is 0.159 e. The zero-order valence-electron chi connectivity index (χ0n) is 15.1. The van der Waals surface area contributed by atoms with E-state index in [0.717, 1.165) is 55.0 Å². The lowest BCUT2D eigenvalue weighted by Gasteiger charge is -2.01. The molecule has 29 heavy (non-hydrogen) atoms. The first-order chi connectivity index (χ1) is 14.4. The molecule has 0 saturated carbocycles. The first-order valence-electron chi connectivity index (χ1n) is 9.13. The number of rotatable bonds is 3. The summed E-state index contributed by atoms with van der Waals surface area (Å²) in [6, 6.07) is 14.3. The third-order valence-electron chi connectivity index (χ3n) is 4.96. The van der Waals surface area contributed by atoms with Crippen LogP contribution < -0.4 is 0 Å². The second kappa shape index (κ2) is 6.35. The second-order valence-electron chi connectivity index (χ2n) is 6.72. The van der Waals surface area contributed by atoms with E-state index >= 15 is 0 Å². The number of nitrogens with one attached hydrogen (secondary N) is 2. The molecule has 6 rings (SSSR count). The minimum atomic E-state index is 0.723. The molecule has 6 nitrogen and oxygen atoms in total. The quantitative estimate of drug-likeness (QED) is 0.427. The van der Waals surface area contributed by atoms with Crippen LogP contribution in [-0.4, -0.2) is 30.1 Å². The molecule has 5 heterocycles. The highest BCUT2D eigenvalue weighted by Gasteiger charge is 2.16. The summed E-state index contributed by atoms with van der Waals surface area (Å²) in [7, 11) is 0. The Balaban J connectivity index is 1.53. The molecular weight excluding hydrogens is 380 g/mol. The second-order valence-corrected chi connectivity index (χ2v) is 7.67. The van der Waals surface area contributed by atoms with Crippen LogP contribution in [0.2, 0.25) is 0 Å². The Morgan fingerprint density at radius 1 is 0.862 bits per heavy atom. The van der Waals surface area contributed by atoms with Crippen LogP contribution in [0.5, 0.6) is 0 Å². The number of aromatic nitrogens is 6. The van der Waals surface area contributed by atoms with E-state index in [1.54, 1.807) is 23.7 Å². The zero-order valence-corrected chi connectivity index (χ0v) is 15.9. The number of pyridine rings is 2. The van der Waals surface area contributed by atoms with E-state index in [4.69, 9.17) is 4.98 Å². The number of hydrogen-bond donors (Lipinski definition) is 2. The first kappa shape index (κ1) is 16.1. The lowest BCUT2D eigenvalue weighted by Crippen LogP contribution is -1.83. The van der Waals surface area contributed by atoms with E-state index in [9.17, 15) is 0 Å². The standard InChI is InChI=1S/C22H14N6S/c1-3-14(10-23-7-1)13-5-6-17-15(9-13)21(28-27-17)22-25-18-12-24-11-16(20(18)26-22)19-4-2-8-29-19/h1-12H,(H,25,26)(H,27,28). The predicted octanol–water partition coefficient (Wildman–Crippen LogP) is 5.29. The van der Waals surface area contributed by atoms with Gasteiger partial charge in [0, 0.05) is 40.0 Å². The number of fused-ring (bicyclic) bond motifs is 2. The molecule has 0 amide bonds. The molecule has 5 aromatic heterocycles. The smallest absolute Gasteiger partial charge is 0.159 e. The number of H-pyrrole nitrogens is 2. The molecule has 0 aliphatic rings. The van der Waals surface area contributed by atoms with E-state index < -0.39 is 0 Å². The summed E-state index contributed by atoms with van der Waals surface area (Å²) in [4.78, 5) is 18.0. The van der Waals surface area contributed by atoms with E-state index in [-0.39, 0.29) is 0 Å². The summed E-state index contributed by atoms with van der Waals surface area (Å²) in [5.41, 5.74) is 6.72. The zero-order chi connectivity index (χ0) is 19.2. The predicted molar refractivity (Wildman–Crippen MR) is 116 cm³/mol. The van der Waals surface area contributed by atoms with Crippen LogP contribution in [0.4, 0.5) is 0 Å². The van der Waals surface area contributed by atoms with Crippen LogP contribution >= 0.6 is 11.3 Å². The summed E-state index contributed by atoms with van der Waals surface area (Å²) < 4.78 is 0. The van der Waals surface area contributed by atoms with E-state index in [2.05, 4.69) is 48.7 Å². The molecule has 138 valence electrons. The molecule has 0 aliphatic carbocycles. The van der Waals surface area contributed by atoms with Gasteiger partial charge in [-0.1, -0.05) is 18.2 Å². The van der Waals surface area contributed by atoms with Gasteiger partial charge in [0.1, 0.15) is 11.2 Å². The van der Waals surface area contributed by atoms with Gasteiger partial charge in [0.2, 0.25) is 0 Å². The normalized spacial score (nSPS) is 11.4. The van der Waals surface area contributed by atoms with Gasteiger partial charge in [-0.2, -0.15) is 5.10 Å². The van der Waals surface area contributed by atoms with Gasteiger partial charge in [0.05, 0.1) is 17.2 Å². The number of imidazole rings is 1. The Hall–Kier alpha value is -3.84. The van der Waals surface area contributed by atoms with E-state index in [1.807, 2.05) is 36.7 Å². The number of hydrogen-bond acceptors (Lipinski definition) is 5. The van der Waals surface area contributed by atoms with Crippen molar-refractivity contribution in [2.45, 2.75) is 0 Å². The minimum Gasteiger partial charge on any atom is -0.335 e. The maximum absolute atomic E-state index is 4.88. The van der Waals surface area contributed by atoms with Crippen molar-refractivity contribution in [1.82, 2.24) is 30.1 Å². The maximum atomic E-state index is 4.88. The number of nitrogens with zero attached hydrogens (tertiary/aromatic N) is 4.